The number of benzene rings is 1. The van der Waals surface area contributed by atoms with Crippen molar-refractivity contribution < 1.29 is 9.72 Å². The highest BCUT2D eigenvalue weighted by molar-refractivity contribution is 6.30. The third-order valence-corrected chi connectivity index (χ3v) is 3.45. The van der Waals surface area contributed by atoms with Crippen LogP contribution in [0.1, 0.15) is 18.5 Å². The maximum Gasteiger partial charge on any atom is 0.285 e. The van der Waals surface area contributed by atoms with Crippen molar-refractivity contribution in [3.05, 3.63) is 73.6 Å². The van der Waals surface area contributed by atoms with Crippen LogP contribution >= 0.6 is 11.6 Å². The molecular weight excluding hydrogens is 322 g/mol. The third kappa shape index (κ3) is 4.40. The molecule has 0 fully saturated rings. The Morgan fingerprint density at radius 1 is 1.39 bits per heavy atom. The molecule has 0 unspecified atom stereocenters. The Hall–Kier alpha value is -2.67. The van der Waals surface area contributed by atoms with Crippen molar-refractivity contribution in [2.75, 3.05) is 0 Å². The first-order chi connectivity index (χ1) is 10.9. The number of pyridine rings is 1. The van der Waals surface area contributed by atoms with Gasteiger partial charge in [-0.05, 0) is 24.6 Å². The summed E-state index contributed by atoms with van der Waals surface area (Å²) in [7, 11) is 0. The maximum atomic E-state index is 12.0. The Labute approximate surface area is 136 Å². The number of nitrogens with zero attached hydrogens (tertiary/aromatic N) is 2. The van der Waals surface area contributed by atoms with Crippen molar-refractivity contribution in [3.8, 4) is 0 Å². The molecule has 23 heavy (non-hydrogen) atoms. The van der Waals surface area contributed by atoms with Crippen molar-refractivity contribution in [1.29, 1.82) is 0 Å². The second kappa shape index (κ2) is 7.06. The Kier molecular flexibility index (Phi) is 5.13. The number of nitro groups is 1. The van der Waals surface area contributed by atoms with E-state index in [-0.39, 0.29) is 18.3 Å². The van der Waals surface area contributed by atoms with Gasteiger partial charge in [0.1, 0.15) is 6.54 Å². The average molecular weight is 336 g/mol. The van der Waals surface area contributed by atoms with Crippen molar-refractivity contribution in [1.82, 2.24) is 9.88 Å². The molecule has 0 spiro atoms. The first-order valence-corrected chi connectivity index (χ1v) is 7.14. The predicted octanol–water partition coefficient (Wildman–Crippen LogP) is 2.29. The molecule has 1 amide bonds. The van der Waals surface area contributed by atoms with Crippen LogP contribution in [0.5, 0.6) is 0 Å². The number of halogens is 1. The first-order valence-electron chi connectivity index (χ1n) is 6.76. The molecule has 0 aliphatic rings. The summed E-state index contributed by atoms with van der Waals surface area (Å²) < 4.78 is 0.998. The van der Waals surface area contributed by atoms with E-state index in [4.69, 9.17) is 11.6 Å². The van der Waals surface area contributed by atoms with E-state index in [1.165, 1.54) is 0 Å². The highest BCUT2D eigenvalue weighted by atomic mass is 35.5. The van der Waals surface area contributed by atoms with E-state index in [2.05, 4.69) is 5.32 Å². The van der Waals surface area contributed by atoms with Crippen LogP contribution in [0.4, 0.5) is 5.69 Å². The molecule has 2 aromatic rings. The lowest BCUT2D eigenvalue weighted by atomic mass is 10.1. The molecule has 1 atom stereocenters. The Bertz CT molecular complexity index is 803. The molecule has 0 radical (unpaired) electrons. The molecule has 0 bridgehead atoms. The van der Waals surface area contributed by atoms with Gasteiger partial charge in [-0.2, -0.15) is 0 Å². The van der Waals surface area contributed by atoms with Gasteiger partial charge in [-0.25, -0.2) is 0 Å². The minimum Gasteiger partial charge on any atom is -0.348 e. The van der Waals surface area contributed by atoms with Gasteiger partial charge in [-0.1, -0.05) is 23.7 Å². The zero-order valence-corrected chi connectivity index (χ0v) is 13.0. The summed E-state index contributed by atoms with van der Waals surface area (Å²) in [6.45, 7) is 1.48. The van der Waals surface area contributed by atoms with Crippen LogP contribution in [-0.4, -0.2) is 15.4 Å². The molecule has 0 saturated carbocycles. The number of aromatic nitrogens is 1. The molecule has 0 aliphatic carbocycles. The smallest absolute Gasteiger partial charge is 0.285 e. The number of carbonyl (C=O) groups is 1. The van der Waals surface area contributed by atoms with Gasteiger partial charge in [-0.3, -0.25) is 24.3 Å². The normalized spacial score (nSPS) is 11.7. The number of amides is 1. The van der Waals surface area contributed by atoms with Crippen LogP contribution in [-0.2, 0) is 11.3 Å². The third-order valence-electron chi connectivity index (χ3n) is 3.22. The van der Waals surface area contributed by atoms with E-state index >= 15 is 0 Å². The number of hydrogen-bond donors (Lipinski definition) is 1. The van der Waals surface area contributed by atoms with Gasteiger partial charge in [-0.15, -0.1) is 0 Å². The monoisotopic (exact) mass is 335 g/mol. The van der Waals surface area contributed by atoms with Gasteiger partial charge in [0.15, 0.2) is 0 Å². The van der Waals surface area contributed by atoms with Gasteiger partial charge in [0, 0.05) is 17.2 Å². The van der Waals surface area contributed by atoms with Gasteiger partial charge in [0.2, 0.25) is 5.91 Å². The molecule has 120 valence electrons. The van der Waals surface area contributed by atoms with E-state index in [0.29, 0.717) is 5.02 Å². The van der Waals surface area contributed by atoms with Crippen LogP contribution in [0.15, 0.2) is 47.4 Å². The summed E-state index contributed by atoms with van der Waals surface area (Å²) in [5.41, 5.74) is 0.0821. The van der Waals surface area contributed by atoms with Crippen LogP contribution in [0, 0.1) is 10.1 Å². The molecule has 1 aromatic carbocycles. The zero-order chi connectivity index (χ0) is 17.0. The van der Waals surface area contributed by atoms with Gasteiger partial charge in [0.25, 0.3) is 11.2 Å². The summed E-state index contributed by atoms with van der Waals surface area (Å²) in [5.74, 6) is -0.430. The summed E-state index contributed by atoms with van der Waals surface area (Å²) in [5, 5.41) is 14.0. The minimum atomic E-state index is -0.623. The maximum absolute atomic E-state index is 12.0. The topological polar surface area (TPSA) is 94.2 Å². The van der Waals surface area contributed by atoms with Crippen LogP contribution in [0.25, 0.3) is 0 Å². The van der Waals surface area contributed by atoms with E-state index < -0.39 is 16.4 Å². The number of carbonyl (C=O) groups excluding carboxylic acids is 1. The average Bonchev–Trinajstić information content (AvgIpc) is 2.49. The molecule has 8 heteroatoms. The van der Waals surface area contributed by atoms with Crippen molar-refractivity contribution in [2.24, 2.45) is 0 Å². The number of hydrogen-bond acceptors (Lipinski definition) is 4. The summed E-state index contributed by atoms with van der Waals surface area (Å²) in [4.78, 5) is 33.8. The SMILES string of the molecule is C[C@H](NC(=O)Cn1cc([N+](=O)[O-])ccc1=O)c1cccc(Cl)c1. The van der Waals surface area contributed by atoms with Gasteiger partial charge in [0.05, 0.1) is 17.2 Å². The summed E-state index contributed by atoms with van der Waals surface area (Å²) in [6, 6.07) is 8.89. The summed E-state index contributed by atoms with van der Waals surface area (Å²) in [6.07, 6.45) is 1.05. The second-order valence-corrected chi connectivity index (χ2v) is 5.39. The van der Waals surface area contributed by atoms with Crippen LogP contribution in [0.3, 0.4) is 0 Å². The second-order valence-electron chi connectivity index (χ2n) is 4.95. The van der Waals surface area contributed by atoms with Crippen LogP contribution in [0.2, 0.25) is 5.02 Å². The molecule has 2 rings (SSSR count). The molecule has 0 saturated heterocycles. The quantitative estimate of drug-likeness (QED) is 0.670. The lowest BCUT2D eigenvalue weighted by molar-refractivity contribution is -0.385. The highest BCUT2D eigenvalue weighted by Gasteiger charge is 2.13. The Morgan fingerprint density at radius 3 is 2.78 bits per heavy atom. The number of rotatable bonds is 5. The Morgan fingerprint density at radius 2 is 2.13 bits per heavy atom. The van der Waals surface area contributed by atoms with E-state index in [1.54, 1.807) is 25.1 Å². The predicted molar refractivity (Wildman–Crippen MR) is 85.4 cm³/mol. The van der Waals surface area contributed by atoms with Crippen molar-refractivity contribution >= 4 is 23.2 Å². The van der Waals surface area contributed by atoms with Crippen molar-refractivity contribution in [2.45, 2.75) is 19.5 Å². The molecule has 7 nitrogen and oxygen atoms in total. The van der Waals surface area contributed by atoms with Crippen molar-refractivity contribution in [3.63, 3.8) is 0 Å². The van der Waals surface area contributed by atoms with E-state index in [9.17, 15) is 19.7 Å². The fourth-order valence-corrected chi connectivity index (χ4v) is 2.25. The molecule has 1 heterocycles. The molecular formula is C15H14ClN3O4. The standard InChI is InChI=1S/C15H14ClN3O4/c1-10(11-3-2-4-12(16)7-11)17-14(20)9-18-8-13(19(22)23)5-6-15(18)21/h2-8,10H,9H2,1H3,(H,17,20)/t10-/m0/s1. The minimum absolute atomic E-state index is 0.250. The Balaban J connectivity index is 2.09. The van der Waals surface area contributed by atoms with E-state index in [0.717, 1.165) is 28.5 Å². The molecule has 1 N–H and O–H groups in total. The zero-order valence-electron chi connectivity index (χ0n) is 12.2. The first kappa shape index (κ1) is 16.7. The summed E-state index contributed by atoms with van der Waals surface area (Å²) >= 11 is 5.90. The number of nitrogens with one attached hydrogen (secondary N) is 1. The molecule has 1 aromatic heterocycles. The van der Waals surface area contributed by atoms with E-state index in [1.807, 2.05) is 6.07 Å². The van der Waals surface area contributed by atoms with Gasteiger partial charge >= 0.3 is 0 Å². The molecule has 0 aliphatic heterocycles. The fourth-order valence-electron chi connectivity index (χ4n) is 2.05. The lowest BCUT2D eigenvalue weighted by Gasteiger charge is -2.15. The fraction of sp³-hybridized carbons (Fsp3) is 0.200. The lowest BCUT2D eigenvalue weighted by Crippen LogP contribution is -2.33. The van der Waals surface area contributed by atoms with Crippen LogP contribution < -0.4 is 10.9 Å². The highest BCUT2D eigenvalue weighted by Crippen LogP contribution is 2.17. The van der Waals surface area contributed by atoms with Gasteiger partial charge < -0.3 is 5.32 Å². The largest absolute Gasteiger partial charge is 0.348 e.